The molecule has 2 N–H and O–H groups in total. The number of carboxylic acids is 1. The molecule has 0 bridgehead atoms. The molecule has 0 heterocycles. The second-order valence-corrected chi connectivity index (χ2v) is 5.25. The fourth-order valence-electron chi connectivity index (χ4n) is 1.72. The third-order valence-electron chi connectivity index (χ3n) is 3.42. The lowest BCUT2D eigenvalue weighted by Gasteiger charge is -2.27. The quantitative estimate of drug-likeness (QED) is 0.736. The molecule has 18 heavy (non-hydrogen) atoms. The zero-order valence-corrected chi connectivity index (χ0v) is 12.1. The summed E-state index contributed by atoms with van der Waals surface area (Å²) < 4.78 is 0. The minimum atomic E-state index is -0.843. The average molecular weight is 258 g/mol. The lowest BCUT2D eigenvalue weighted by Crippen LogP contribution is -2.44. The minimum absolute atomic E-state index is 0.134. The second-order valence-electron chi connectivity index (χ2n) is 5.25. The van der Waals surface area contributed by atoms with Crippen LogP contribution in [0, 0.1) is 5.41 Å². The van der Waals surface area contributed by atoms with Gasteiger partial charge in [0.05, 0.1) is 5.41 Å². The van der Waals surface area contributed by atoms with Gasteiger partial charge in [-0.05, 0) is 33.1 Å². The van der Waals surface area contributed by atoms with Crippen LogP contribution in [0.25, 0.3) is 0 Å². The lowest BCUT2D eigenvalue weighted by atomic mass is 9.90. The minimum Gasteiger partial charge on any atom is -0.481 e. The first-order valence-electron chi connectivity index (χ1n) is 6.50. The van der Waals surface area contributed by atoms with Gasteiger partial charge in [-0.15, -0.1) is 0 Å². The molecule has 5 heteroatoms. The highest BCUT2D eigenvalue weighted by atomic mass is 16.4. The summed E-state index contributed by atoms with van der Waals surface area (Å²) in [6, 6.07) is 0.0994. The SMILES string of the molecule is CCC(CC)N(C)C(=O)NCCC(C)(C)C(=O)O. The molecule has 0 atom stereocenters. The Hall–Kier alpha value is -1.26. The Labute approximate surface area is 110 Å². The molecule has 0 aliphatic carbocycles. The van der Waals surface area contributed by atoms with Crippen molar-refractivity contribution in [1.82, 2.24) is 10.2 Å². The summed E-state index contributed by atoms with van der Waals surface area (Å²) in [5.41, 5.74) is -0.805. The van der Waals surface area contributed by atoms with Crippen molar-refractivity contribution < 1.29 is 14.7 Å². The number of rotatable bonds is 7. The molecular weight excluding hydrogens is 232 g/mol. The number of nitrogens with one attached hydrogen (secondary N) is 1. The fourth-order valence-corrected chi connectivity index (χ4v) is 1.72. The summed E-state index contributed by atoms with van der Waals surface area (Å²) in [6.07, 6.45) is 2.26. The van der Waals surface area contributed by atoms with E-state index in [4.69, 9.17) is 5.11 Å². The van der Waals surface area contributed by atoms with Crippen molar-refractivity contribution in [2.45, 2.75) is 53.0 Å². The normalized spacial score (nSPS) is 11.4. The first-order valence-corrected chi connectivity index (χ1v) is 6.50. The van der Waals surface area contributed by atoms with Gasteiger partial charge >= 0.3 is 12.0 Å². The summed E-state index contributed by atoms with van der Waals surface area (Å²) in [5, 5.41) is 11.7. The summed E-state index contributed by atoms with van der Waals surface area (Å²) in [6.45, 7) is 7.79. The van der Waals surface area contributed by atoms with Crippen LogP contribution in [-0.4, -0.2) is 41.6 Å². The molecule has 0 aromatic heterocycles. The molecule has 0 aliphatic rings. The van der Waals surface area contributed by atoms with Crippen molar-refractivity contribution in [2.24, 2.45) is 5.41 Å². The molecule has 0 aromatic rings. The van der Waals surface area contributed by atoms with Gasteiger partial charge in [0.1, 0.15) is 0 Å². The van der Waals surface area contributed by atoms with E-state index in [1.54, 1.807) is 25.8 Å². The van der Waals surface area contributed by atoms with E-state index in [2.05, 4.69) is 5.32 Å². The van der Waals surface area contributed by atoms with E-state index in [-0.39, 0.29) is 12.1 Å². The van der Waals surface area contributed by atoms with E-state index in [1.807, 2.05) is 13.8 Å². The van der Waals surface area contributed by atoms with Crippen LogP contribution in [-0.2, 0) is 4.79 Å². The Morgan fingerprint density at radius 3 is 2.17 bits per heavy atom. The van der Waals surface area contributed by atoms with E-state index in [1.165, 1.54) is 0 Å². The highest BCUT2D eigenvalue weighted by molar-refractivity contribution is 5.75. The average Bonchev–Trinajstić information content (AvgIpc) is 2.29. The molecule has 0 spiro atoms. The third kappa shape index (κ3) is 4.94. The Morgan fingerprint density at radius 1 is 1.28 bits per heavy atom. The zero-order chi connectivity index (χ0) is 14.3. The van der Waals surface area contributed by atoms with E-state index in [9.17, 15) is 9.59 Å². The summed E-state index contributed by atoms with van der Waals surface area (Å²) in [4.78, 5) is 24.4. The smallest absolute Gasteiger partial charge is 0.317 e. The van der Waals surface area contributed by atoms with Gasteiger partial charge in [-0.2, -0.15) is 0 Å². The van der Waals surface area contributed by atoms with E-state index in [0.717, 1.165) is 12.8 Å². The Bertz CT molecular complexity index is 286. The van der Waals surface area contributed by atoms with Crippen LogP contribution >= 0.6 is 0 Å². The van der Waals surface area contributed by atoms with Crippen molar-refractivity contribution in [2.75, 3.05) is 13.6 Å². The molecule has 0 saturated carbocycles. The van der Waals surface area contributed by atoms with Gasteiger partial charge in [-0.25, -0.2) is 4.79 Å². The van der Waals surface area contributed by atoms with Gasteiger partial charge in [0.25, 0.3) is 0 Å². The predicted octanol–water partition coefficient (Wildman–Crippen LogP) is 2.32. The molecule has 0 radical (unpaired) electrons. The summed E-state index contributed by atoms with van der Waals surface area (Å²) in [7, 11) is 1.77. The van der Waals surface area contributed by atoms with Gasteiger partial charge in [-0.1, -0.05) is 13.8 Å². The highest BCUT2D eigenvalue weighted by Crippen LogP contribution is 2.19. The first kappa shape index (κ1) is 16.7. The Morgan fingerprint density at radius 2 is 1.78 bits per heavy atom. The molecule has 0 unspecified atom stereocenters. The number of amides is 2. The number of carbonyl (C=O) groups is 2. The zero-order valence-electron chi connectivity index (χ0n) is 12.1. The van der Waals surface area contributed by atoms with Crippen molar-refractivity contribution in [1.29, 1.82) is 0 Å². The van der Waals surface area contributed by atoms with Crippen LogP contribution in [0.4, 0.5) is 4.79 Å². The van der Waals surface area contributed by atoms with Gasteiger partial charge in [0.15, 0.2) is 0 Å². The van der Waals surface area contributed by atoms with E-state index >= 15 is 0 Å². The van der Waals surface area contributed by atoms with Crippen LogP contribution in [0.15, 0.2) is 0 Å². The van der Waals surface area contributed by atoms with Crippen molar-refractivity contribution in [3.63, 3.8) is 0 Å². The van der Waals surface area contributed by atoms with Crippen molar-refractivity contribution in [3.8, 4) is 0 Å². The van der Waals surface area contributed by atoms with Crippen molar-refractivity contribution >= 4 is 12.0 Å². The maximum absolute atomic E-state index is 11.8. The largest absolute Gasteiger partial charge is 0.481 e. The molecule has 0 aliphatic heterocycles. The lowest BCUT2D eigenvalue weighted by molar-refractivity contribution is -0.147. The first-order chi connectivity index (χ1) is 8.26. The number of nitrogens with zero attached hydrogens (tertiary/aromatic N) is 1. The maximum Gasteiger partial charge on any atom is 0.317 e. The van der Waals surface area contributed by atoms with Gasteiger partial charge in [0, 0.05) is 19.6 Å². The fraction of sp³-hybridized carbons (Fsp3) is 0.846. The molecule has 0 rings (SSSR count). The summed E-state index contributed by atoms with van der Waals surface area (Å²) in [5.74, 6) is -0.843. The Balaban J connectivity index is 4.15. The van der Waals surface area contributed by atoms with Crippen molar-refractivity contribution in [3.05, 3.63) is 0 Å². The summed E-state index contributed by atoms with van der Waals surface area (Å²) >= 11 is 0. The number of carbonyl (C=O) groups excluding carboxylic acids is 1. The van der Waals surface area contributed by atoms with Crippen LogP contribution in [0.1, 0.15) is 47.0 Å². The molecule has 106 valence electrons. The topological polar surface area (TPSA) is 69.6 Å². The second kappa shape index (κ2) is 7.24. The molecular formula is C13H26N2O3. The van der Waals surface area contributed by atoms with E-state index in [0.29, 0.717) is 13.0 Å². The predicted molar refractivity (Wildman–Crippen MR) is 71.6 cm³/mol. The molecule has 0 aromatic carbocycles. The number of aliphatic carboxylic acids is 1. The highest BCUT2D eigenvalue weighted by Gasteiger charge is 2.27. The molecule has 2 amide bonds. The van der Waals surface area contributed by atoms with Crippen LogP contribution in [0.2, 0.25) is 0 Å². The monoisotopic (exact) mass is 258 g/mol. The molecule has 0 saturated heterocycles. The number of carboxylic acid groups (broad SMARTS) is 1. The number of urea groups is 1. The van der Waals surface area contributed by atoms with Crippen LogP contribution in [0.5, 0.6) is 0 Å². The molecule has 5 nitrogen and oxygen atoms in total. The van der Waals surface area contributed by atoms with Crippen LogP contribution < -0.4 is 5.32 Å². The van der Waals surface area contributed by atoms with E-state index < -0.39 is 11.4 Å². The Kier molecular flexibility index (Phi) is 6.73. The number of hydrogen-bond acceptors (Lipinski definition) is 2. The van der Waals surface area contributed by atoms with Gasteiger partial charge < -0.3 is 15.3 Å². The van der Waals surface area contributed by atoms with Crippen LogP contribution in [0.3, 0.4) is 0 Å². The molecule has 0 fully saturated rings. The maximum atomic E-state index is 11.8. The standard InChI is InChI=1S/C13H26N2O3/c1-6-10(7-2)15(5)12(18)14-9-8-13(3,4)11(16)17/h10H,6-9H2,1-5H3,(H,14,18)(H,16,17). The van der Waals surface area contributed by atoms with Gasteiger partial charge in [0.2, 0.25) is 0 Å². The third-order valence-corrected chi connectivity index (χ3v) is 3.42. The van der Waals surface area contributed by atoms with Gasteiger partial charge in [-0.3, -0.25) is 4.79 Å². The number of hydrogen-bond donors (Lipinski definition) is 2.